The molecular formula is C9H10ClNO4. The summed E-state index contributed by atoms with van der Waals surface area (Å²) >= 11 is 5.79. The topological polar surface area (TPSA) is 79.4 Å². The molecule has 0 aliphatic carbocycles. The minimum Gasteiger partial charge on any atom is -0.477 e. The van der Waals surface area contributed by atoms with Crippen LogP contribution in [-0.2, 0) is 4.74 Å². The number of aromatic carboxylic acids is 1. The summed E-state index contributed by atoms with van der Waals surface area (Å²) in [7, 11) is 0. The zero-order valence-corrected chi connectivity index (χ0v) is 9.01. The van der Waals surface area contributed by atoms with E-state index >= 15 is 0 Å². The van der Waals surface area contributed by atoms with Crippen molar-refractivity contribution >= 4 is 23.5 Å². The lowest BCUT2D eigenvalue weighted by atomic mass is 10.2. The molecule has 2 N–H and O–H groups in total. The summed E-state index contributed by atoms with van der Waals surface area (Å²) in [6.07, 6.45) is 0. The number of aromatic amines is 1. The lowest BCUT2D eigenvalue weighted by molar-refractivity contribution is 0.0520. The first kappa shape index (κ1) is 11.6. The highest BCUT2D eigenvalue weighted by atomic mass is 35.5. The maximum atomic E-state index is 11.3. The molecular weight excluding hydrogens is 222 g/mol. The van der Waals surface area contributed by atoms with Crippen molar-refractivity contribution in [1.29, 1.82) is 0 Å². The van der Waals surface area contributed by atoms with E-state index in [-0.39, 0.29) is 23.0 Å². The van der Waals surface area contributed by atoms with Crippen molar-refractivity contribution < 1.29 is 19.4 Å². The number of hydrogen-bond acceptors (Lipinski definition) is 3. The summed E-state index contributed by atoms with van der Waals surface area (Å²) in [5.74, 6) is -1.82. The summed E-state index contributed by atoms with van der Waals surface area (Å²) in [6, 6.07) is 0. The number of esters is 1. The summed E-state index contributed by atoms with van der Waals surface area (Å²) in [5.41, 5.74) is 0.212. The number of halogens is 1. The van der Waals surface area contributed by atoms with Gasteiger partial charge in [-0.25, -0.2) is 9.59 Å². The van der Waals surface area contributed by atoms with E-state index in [0.717, 1.165) is 0 Å². The number of hydrogen-bond donors (Lipinski definition) is 2. The lowest BCUT2D eigenvalue weighted by Crippen LogP contribution is -2.06. The van der Waals surface area contributed by atoms with Crippen LogP contribution in [0.2, 0.25) is 5.02 Å². The maximum absolute atomic E-state index is 11.3. The van der Waals surface area contributed by atoms with Gasteiger partial charge in [0.05, 0.1) is 11.6 Å². The number of aromatic nitrogens is 1. The van der Waals surface area contributed by atoms with Crippen molar-refractivity contribution in [3.8, 4) is 0 Å². The number of H-pyrrole nitrogens is 1. The van der Waals surface area contributed by atoms with E-state index in [1.54, 1.807) is 6.92 Å². The Morgan fingerprint density at radius 3 is 2.47 bits per heavy atom. The summed E-state index contributed by atoms with van der Waals surface area (Å²) in [4.78, 5) is 24.5. The van der Waals surface area contributed by atoms with Crippen LogP contribution in [0.1, 0.15) is 33.5 Å². The quantitative estimate of drug-likeness (QED) is 0.778. The Balaban J connectivity index is 3.16. The zero-order valence-electron chi connectivity index (χ0n) is 8.26. The molecule has 0 unspecified atom stereocenters. The van der Waals surface area contributed by atoms with Gasteiger partial charge in [0.25, 0.3) is 0 Å². The molecule has 0 aliphatic rings. The molecule has 15 heavy (non-hydrogen) atoms. The fourth-order valence-electron chi connectivity index (χ4n) is 1.13. The number of carboxylic acids is 1. The van der Waals surface area contributed by atoms with E-state index in [4.69, 9.17) is 21.4 Å². The first-order valence-electron chi connectivity index (χ1n) is 4.27. The van der Waals surface area contributed by atoms with Crippen LogP contribution in [0.4, 0.5) is 0 Å². The molecule has 1 rings (SSSR count). The molecule has 1 aromatic heterocycles. The zero-order chi connectivity index (χ0) is 11.6. The third kappa shape index (κ3) is 2.12. The molecule has 6 heteroatoms. The normalized spacial score (nSPS) is 10.1. The van der Waals surface area contributed by atoms with Crippen LogP contribution in [0.5, 0.6) is 0 Å². The van der Waals surface area contributed by atoms with Crippen molar-refractivity contribution in [1.82, 2.24) is 4.98 Å². The van der Waals surface area contributed by atoms with Gasteiger partial charge in [0.15, 0.2) is 0 Å². The lowest BCUT2D eigenvalue weighted by Gasteiger charge is -1.98. The van der Waals surface area contributed by atoms with Crippen LogP contribution >= 0.6 is 11.6 Å². The monoisotopic (exact) mass is 231 g/mol. The van der Waals surface area contributed by atoms with E-state index < -0.39 is 11.9 Å². The van der Waals surface area contributed by atoms with Crippen molar-refractivity contribution in [2.24, 2.45) is 0 Å². The standard InChI is InChI=1S/C9H10ClNO4/c1-3-15-9(14)7-5(10)4(2)6(11-7)8(12)13/h11H,3H2,1-2H3,(H,12,13). The number of rotatable bonds is 3. The summed E-state index contributed by atoms with van der Waals surface area (Å²) in [5, 5.41) is 8.86. The molecule has 0 saturated carbocycles. The van der Waals surface area contributed by atoms with Gasteiger partial charge < -0.3 is 14.8 Å². The molecule has 5 nitrogen and oxygen atoms in total. The maximum Gasteiger partial charge on any atom is 0.356 e. The molecule has 0 bridgehead atoms. The predicted molar refractivity (Wildman–Crippen MR) is 53.5 cm³/mol. The Labute approximate surface area is 91.0 Å². The second-order valence-electron chi connectivity index (χ2n) is 2.84. The third-order valence-corrected chi connectivity index (χ3v) is 2.34. The van der Waals surface area contributed by atoms with Crippen molar-refractivity contribution in [2.45, 2.75) is 13.8 Å². The Kier molecular flexibility index (Phi) is 3.36. The van der Waals surface area contributed by atoms with E-state index in [2.05, 4.69) is 4.98 Å². The number of nitrogens with one attached hydrogen (secondary N) is 1. The molecule has 0 saturated heterocycles. The number of carbonyl (C=O) groups excluding carboxylic acids is 1. The molecule has 1 aromatic rings. The van der Waals surface area contributed by atoms with Crippen LogP contribution in [0, 0.1) is 6.92 Å². The minimum absolute atomic E-state index is 0.0200. The van der Waals surface area contributed by atoms with Crippen molar-refractivity contribution in [3.63, 3.8) is 0 Å². The highest BCUT2D eigenvalue weighted by molar-refractivity contribution is 6.34. The second-order valence-corrected chi connectivity index (χ2v) is 3.22. The minimum atomic E-state index is -1.16. The predicted octanol–water partition coefficient (Wildman–Crippen LogP) is 1.85. The fourth-order valence-corrected chi connectivity index (χ4v) is 1.35. The third-order valence-electron chi connectivity index (χ3n) is 1.87. The molecule has 0 spiro atoms. The average Bonchev–Trinajstić information content (AvgIpc) is 2.45. The molecule has 0 amide bonds. The van der Waals surface area contributed by atoms with E-state index in [1.807, 2.05) is 0 Å². The van der Waals surface area contributed by atoms with Crippen molar-refractivity contribution in [2.75, 3.05) is 6.61 Å². The second kappa shape index (κ2) is 4.35. The van der Waals surface area contributed by atoms with Crippen LogP contribution in [-0.4, -0.2) is 28.6 Å². The Morgan fingerprint density at radius 1 is 1.47 bits per heavy atom. The summed E-state index contributed by atoms with van der Waals surface area (Å²) < 4.78 is 4.71. The van der Waals surface area contributed by atoms with Crippen LogP contribution in [0.15, 0.2) is 0 Å². The first-order chi connectivity index (χ1) is 6.99. The molecule has 0 atom stereocenters. The number of ether oxygens (including phenoxy) is 1. The SMILES string of the molecule is CCOC(=O)c1[nH]c(C(=O)O)c(C)c1Cl. The Bertz CT molecular complexity index is 410. The molecule has 1 heterocycles. The van der Waals surface area contributed by atoms with Gasteiger partial charge in [0, 0.05) is 5.56 Å². The van der Waals surface area contributed by atoms with Gasteiger partial charge in [-0.3, -0.25) is 0 Å². The fraction of sp³-hybridized carbons (Fsp3) is 0.333. The van der Waals surface area contributed by atoms with E-state index in [9.17, 15) is 9.59 Å². The van der Waals surface area contributed by atoms with Crippen LogP contribution in [0.25, 0.3) is 0 Å². The Hall–Kier alpha value is -1.49. The number of carboxylic acid groups (broad SMARTS) is 1. The average molecular weight is 232 g/mol. The molecule has 82 valence electrons. The largest absolute Gasteiger partial charge is 0.477 e. The highest BCUT2D eigenvalue weighted by Crippen LogP contribution is 2.24. The molecule has 0 fully saturated rings. The summed E-state index contributed by atoms with van der Waals surface area (Å²) in [6.45, 7) is 3.38. The van der Waals surface area contributed by atoms with Gasteiger partial charge in [-0.2, -0.15) is 0 Å². The number of carbonyl (C=O) groups is 2. The van der Waals surface area contributed by atoms with Crippen LogP contribution in [0.3, 0.4) is 0 Å². The smallest absolute Gasteiger partial charge is 0.356 e. The molecule has 0 aliphatic heterocycles. The van der Waals surface area contributed by atoms with Crippen LogP contribution < -0.4 is 0 Å². The molecule has 0 aromatic carbocycles. The van der Waals surface area contributed by atoms with Gasteiger partial charge in [-0.15, -0.1) is 0 Å². The Morgan fingerprint density at radius 2 is 2.07 bits per heavy atom. The van der Waals surface area contributed by atoms with Gasteiger partial charge in [-0.1, -0.05) is 11.6 Å². The molecule has 0 radical (unpaired) electrons. The van der Waals surface area contributed by atoms with Gasteiger partial charge in [0.1, 0.15) is 11.4 Å². The first-order valence-corrected chi connectivity index (χ1v) is 4.65. The van der Waals surface area contributed by atoms with Crippen molar-refractivity contribution in [3.05, 3.63) is 22.0 Å². The van der Waals surface area contributed by atoms with Gasteiger partial charge in [-0.05, 0) is 13.8 Å². The van der Waals surface area contributed by atoms with Gasteiger partial charge in [0.2, 0.25) is 0 Å². The van der Waals surface area contributed by atoms with E-state index in [1.165, 1.54) is 6.92 Å². The van der Waals surface area contributed by atoms with E-state index in [0.29, 0.717) is 5.56 Å². The highest BCUT2D eigenvalue weighted by Gasteiger charge is 2.22. The van der Waals surface area contributed by atoms with Gasteiger partial charge >= 0.3 is 11.9 Å².